The number of hydrogen-bond donors (Lipinski definition) is 2. The second-order valence-electron chi connectivity index (χ2n) is 5.97. The SMILES string of the molecule is C[C@@H](Oc1ccccc1F)C(=O)NNC(=O)c1ccc2c(c1)CCC2. The molecular formula is C19H19FN2O3. The number of carbonyl (C=O) groups is 2. The average Bonchev–Trinajstić information content (AvgIpc) is 3.08. The van der Waals surface area contributed by atoms with E-state index in [1.54, 1.807) is 12.1 Å². The van der Waals surface area contributed by atoms with Gasteiger partial charge < -0.3 is 4.74 Å². The van der Waals surface area contributed by atoms with Gasteiger partial charge in [0.25, 0.3) is 11.8 Å². The number of fused-ring (bicyclic) bond motifs is 1. The van der Waals surface area contributed by atoms with Crippen LogP contribution in [0.25, 0.3) is 0 Å². The first-order chi connectivity index (χ1) is 12.0. The number of aryl methyl sites for hydroxylation is 2. The maximum Gasteiger partial charge on any atom is 0.279 e. The van der Waals surface area contributed by atoms with Gasteiger partial charge in [-0.15, -0.1) is 0 Å². The van der Waals surface area contributed by atoms with Gasteiger partial charge in [0, 0.05) is 5.56 Å². The quantitative estimate of drug-likeness (QED) is 0.839. The summed E-state index contributed by atoms with van der Waals surface area (Å²) in [6.07, 6.45) is 2.15. The van der Waals surface area contributed by atoms with Gasteiger partial charge in [0.1, 0.15) is 0 Å². The minimum absolute atomic E-state index is 0.0184. The summed E-state index contributed by atoms with van der Waals surface area (Å²) in [5.74, 6) is -1.54. The molecule has 0 saturated heterocycles. The zero-order valence-corrected chi connectivity index (χ0v) is 13.8. The molecule has 0 saturated carbocycles. The Balaban J connectivity index is 1.54. The number of benzene rings is 2. The number of hydrogen-bond acceptors (Lipinski definition) is 3. The Morgan fingerprint density at radius 1 is 1.08 bits per heavy atom. The molecule has 5 nitrogen and oxygen atoms in total. The predicted octanol–water partition coefficient (Wildman–Crippen LogP) is 2.54. The fourth-order valence-corrected chi connectivity index (χ4v) is 2.79. The highest BCUT2D eigenvalue weighted by atomic mass is 19.1. The standard InChI is InChI=1S/C19H19FN2O3/c1-12(25-17-8-3-2-7-16(17)20)18(23)21-22-19(24)15-10-9-13-5-4-6-14(13)11-15/h2-3,7-12H,4-6H2,1H3,(H,21,23)(H,22,24)/t12-/m1/s1. The molecular weight excluding hydrogens is 323 g/mol. The molecule has 2 aromatic carbocycles. The van der Waals surface area contributed by atoms with Gasteiger partial charge in [0.2, 0.25) is 0 Å². The van der Waals surface area contributed by atoms with Crippen LogP contribution in [0.2, 0.25) is 0 Å². The lowest BCUT2D eigenvalue weighted by Crippen LogP contribution is -2.47. The first-order valence-corrected chi connectivity index (χ1v) is 8.18. The van der Waals surface area contributed by atoms with Crippen molar-refractivity contribution >= 4 is 11.8 Å². The van der Waals surface area contributed by atoms with E-state index in [9.17, 15) is 14.0 Å². The van der Waals surface area contributed by atoms with Gasteiger partial charge in [-0.25, -0.2) is 4.39 Å². The second-order valence-corrected chi connectivity index (χ2v) is 5.97. The molecule has 2 amide bonds. The number of hydrazine groups is 1. The molecule has 0 aromatic heterocycles. The van der Waals surface area contributed by atoms with Crippen LogP contribution in [0.15, 0.2) is 42.5 Å². The van der Waals surface area contributed by atoms with Gasteiger partial charge in [0.15, 0.2) is 17.7 Å². The minimum Gasteiger partial charge on any atom is -0.478 e. The van der Waals surface area contributed by atoms with E-state index in [1.807, 2.05) is 12.1 Å². The zero-order valence-electron chi connectivity index (χ0n) is 13.8. The van der Waals surface area contributed by atoms with Crippen molar-refractivity contribution in [2.24, 2.45) is 0 Å². The van der Waals surface area contributed by atoms with E-state index >= 15 is 0 Å². The largest absolute Gasteiger partial charge is 0.478 e. The Kier molecular flexibility index (Phi) is 4.97. The Bertz CT molecular complexity index is 807. The molecule has 0 spiro atoms. The number of carbonyl (C=O) groups excluding carboxylic acids is 2. The number of nitrogens with one attached hydrogen (secondary N) is 2. The molecule has 0 unspecified atom stereocenters. The smallest absolute Gasteiger partial charge is 0.279 e. The van der Waals surface area contributed by atoms with Crippen molar-refractivity contribution in [3.8, 4) is 5.75 Å². The van der Waals surface area contributed by atoms with Gasteiger partial charge in [-0.05, 0) is 61.6 Å². The lowest BCUT2D eigenvalue weighted by molar-refractivity contribution is -0.128. The molecule has 1 aliphatic carbocycles. The molecule has 0 fully saturated rings. The van der Waals surface area contributed by atoms with Crippen LogP contribution >= 0.6 is 0 Å². The summed E-state index contributed by atoms with van der Waals surface area (Å²) < 4.78 is 18.8. The van der Waals surface area contributed by atoms with E-state index in [2.05, 4.69) is 10.9 Å². The van der Waals surface area contributed by atoms with Gasteiger partial charge >= 0.3 is 0 Å². The van der Waals surface area contributed by atoms with E-state index in [4.69, 9.17) is 4.74 Å². The summed E-state index contributed by atoms with van der Waals surface area (Å²) in [4.78, 5) is 24.2. The van der Waals surface area contributed by atoms with Crippen LogP contribution in [0.4, 0.5) is 4.39 Å². The van der Waals surface area contributed by atoms with Crippen LogP contribution in [0.1, 0.15) is 34.8 Å². The summed E-state index contributed by atoms with van der Waals surface area (Å²) in [6, 6.07) is 11.4. The van der Waals surface area contributed by atoms with Crippen molar-refractivity contribution in [2.45, 2.75) is 32.3 Å². The van der Waals surface area contributed by atoms with Crippen LogP contribution in [-0.4, -0.2) is 17.9 Å². The predicted molar refractivity (Wildman–Crippen MR) is 90.6 cm³/mol. The highest BCUT2D eigenvalue weighted by Gasteiger charge is 2.18. The van der Waals surface area contributed by atoms with E-state index < -0.39 is 23.7 Å². The summed E-state index contributed by atoms with van der Waals surface area (Å²) >= 11 is 0. The highest BCUT2D eigenvalue weighted by Crippen LogP contribution is 2.22. The molecule has 2 aromatic rings. The lowest BCUT2D eigenvalue weighted by Gasteiger charge is -2.15. The van der Waals surface area contributed by atoms with Crippen molar-refractivity contribution in [2.75, 3.05) is 0 Å². The number of para-hydroxylation sites is 1. The molecule has 3 rings (SSSR count). The zero-order chi connectivity index (χ0) is 17.8. The summed E-state index contributed by atoms with van der Waals surface area (Å²) in [7, 11) is 0. The van der Waals surface area contributed by atoms with Crippen molar-refractivity contribution in [3.63, 3.8) is 0 Å². The monoisotopic (exact) mass is 342 g/mol. The number of rotatable bonds is 4. The lowest BCUT2D eigenvalue weighted by atomic mass is 10.1. The highest BCUT2D eigenvalue weighted by molar-refractivity contribution is 5.96. The first kappa shape index (κ1) is 17.0. The number of ether oxygens (including phenoxy) is 1. The molecule has 130 valence electrons. The van der Waals surface area contributed by atoms with Crippen LogP contribution in [0, 0.1) is 5.82 Å². The molecule has 1 atom stereocenters. The Morgan fingerprint density at radius 2 is 1.84 bits per heavy atom. The normalized spacial score (nSPS) is 13.7. The Hall–Kier alpha value is -2.89. The van der Waals surface area contributed by atoms with Crippen molar-refractivity contribution in [1.82, 2.24) is 10.9 Å². The van der Waals surface area contributed by atoms with Crippen LogP contribution < -0.4 is 15.6 Å². The van der Waals surface area contributed by atoms with Gasteiger partial charge in [-0.2, -0.15) is 0 Å². The fraction of sp³-hybridized carbons (Fsp3) is 0.263. The number of halogens is 1. The molecule has 6 heteroatoms. The molecule has 0 radical (unpaired) electrons. The third-order valence-electron chi connectivity index (χ3n) is 4.17. The second kappa shape index (κ2) is 7.34. The average molecular weight is 342 g/mol. The maximum absolute atomic E-state index is 13.5. The van der Waals surface area contributed by atoms with Crippen molar-refractivity contribution in [1.29, 1.82) is 0 Å². The Morgan fingerprint density at radius 3 is 2.64 bits per heavy atom. The third kappa shape index (κ3) is 3.96. The van der Waals surface area contributed by atoms with Crippen molar-refractivity contribution < 1.29 is 18.7 Å². The van der Waals surface area contributed by atoms with E-state index in [0.29, 0.717) is 5.56 Å². The van der Waals surface area contributed by atoms with E-state index in [1.165, 1.54) is 36.2 Å². The summed E-state index contributed by atoms with van der Waals surface area (Å²) in [5.41, 5.74) is 7.60. The van der Waals surface area contributed by atoms with Gasteiger partial charge in [-0.3, -0.25) is 20.4 Å². The molecule has 0 aliphatic heterocycles. The third-order valence-corrected chi connectivity index (χ3v) is 4.17. The van der Waals surface area contributed by atoms with Gasteiger partial charge in [0.05, 0.1) is 0 Å². The summed E-state index contributed by atoms with van der Waals surface area (Å²) in [6.45, 7) is 1.48. The van der Waals surface area contributed by atoms with Crippen molar-refractivity contribution in [3.05, 3.63) is 65.0 Å². The maximum atomic E-state index is 13.5. The number of amides is 2. The minimum atomic E-state index is -0.961. The van der Waals surface area contributed by atoms with Gasteiger partial charge in [-0.1, -0.05) is 18.2 Å². The molecule has 0 heterocycles. The van der Waals surface area contributed by atoms with Crippen LogP contribution in [0.5, 0.6) is 5.75 Å². The fourth-order valence-electron chi connectivity index (χ4n) is 2.79. The van der Waals surface area contributed by atoms with E-state index in [-0.39, 0.29) is 5.75 Å². The van der Waals surface area contributed by atoms with E-state index in [0.717, 1.165) is 19.3 Å². The molecule has 0 bridgehead atoms. The molecule has 1 aliphatic rings. The Labute approximate surface area is 145 Å². The summed E-state index contributed by atoms with van der Waals surface area (Å²) in [5, 5.41) is 0. The topological polar surface area (TPSA) is 67.4 Å². The molecule has 25 heavy (non-hydrogen) atoms. The van der Waals surface area contributed by atoms with Crippen LogP contribution in [-0.2, 0) is 17.6 Å². The van der Waals surface area contributed by atoms with Crippen LogP contribution in [0.3, 0.4) is 0 Å². The first-order valence-electron chi connectivity index (χ1n) is 8.18. The molecule has 2 N–H and O–H groups in total.